The molecule has 9 heteroatoms. The first-order valence-corrected chi connectivity index (χ1v) is 12.7. The van der Waals surface area contributed by atoms with E-state index in [1.54, 1.807) is 11.4 Å². The summed E-state index contributed by atoms with van der Waals surface area (Å²) in [6.45, 7) is 8.89. The summed E-state index contributed by atoms with van der Waals surface area (Å²) in [5, 5.41) is 7.63. The van der Waals surface area contributed by atoms with E-state index in [1.165, 1.54) is 35.1 Å². The van der Waals surface area contributed by atoms with Crippen LogP contribution in [0, 0.1) is 5.82 Å². The Balaban J connectivity index is 1.27. The minimum absolute atomic E-state index is 0.0482. The predicted octanol–water partition coefficient (Wildman–Crippen LogP) is 3.53. The fourth-order valence-electron chi connectivity index (χ4n) is 4.06. The lowest BCUT2D eigenvalue weighted by atomic mass is 10.1. The van der Waals surface area contributed by atoms with Crippen molar-refractivity contribution in [1.29, 1.82) is 0 Å². The van der Waals surface area contributed by atoms with Gasteiger partial charge in [-0.15, -0.1) is 11.3 Å². The lowest BCUT2D eigenvalue weighted by Crippen LogP contribution is -2.45. The zero-order valence-electron chi connectivity index (χ0n) is 19.8. The van der Waals surface area contributed by atoms with E-state index in [4.69, 9.17) is 0 Å². The fraction of sp³-hybridized carbons (Fsp3) is 0.346. The first kappa shape index (κ1) is 25.0. The summed E-state index contributed by atoms with van der Waals surface area (Å²) < 4.78 is 13.8. The number of nitrogens with one attached hydrogen (secondary N) is 2. The average Bonchev–Trinajstić information content (AvgIpc) is 3.30. The molecule has 7 nitrogen and oxygen atoms in total. The normalized spacial score (nSPS) is 14.6. The lowest BCUT2D eigenvalue weighted by molar-refractivity contribution is -0.120. The zero-order chi connectivity index (χ0) is 24.6. The summed E-state index contributed by atoms with van der Waals surface area (Å²) in [5.74, 6) is -1.31. The van der Waals surface area contributed by atoms with Crippen LogP contribution in [0.3, 0.4) is 0 Å². The Labute approximate surface area is 209 Å². The van der Waals surface area contributed by atoms with Crippen LogP contribution in [0.1, 0.15) is 34.1 Å². The largest absolute Gasteiger partial charge is 0.352 e. The van der Waals surface area contributed by atoms with Crippen LogP contribution in [0.15, 0.2) is 53.9 Å². The van der Waals surface area contributed by atoms with E-state index < -0.39 is 11.7 Å². The average molecular weight is 496 g/mol. The third-order valence-electron chi connectivity index (χ3n) is 6.13. The third-order valence-corrected chi connectivity index (χ3v) is 6.94. The Morgan fingerprint density at radius 2 is 1.69 bits per heavy atom. The van der Waals surface area contributed by atoms with Crippen LogP contribution in [0.2, 0.25) is 0 Å². The van der Waals surface area contributed by atoms with Crippen molar-refractivity contribution in [3.63, 3.8) is 0 Å². The molecular weight excluding hydrogens is 465 g/mol. The van der Waals surface area contributed by atoms with E-state index in [1.807, 2.05) is 12.1 Å². The summed E-state index contributed by atoms with van der Waals surface area (Å²) in [7, 11) is 0. The minimum atomic E-state index is -0.593. The number of benzene rings is 2. The van der Waals surface area contributed by atoms with Crippen molar-refractivity contribution in [2.24, 2.45) is 0 Å². The first-order valence-electron chi connectivity index (χ1n) is 11.8. The van der Waals surface area contributed by atoms with Gasteiger partial charge in [0.1, 0.15) is 5.82 Å². The monoisotopic (exact) mass is 495 g/mol. The molecule has 1 aromatic heterocycles. The van der Waals surface area contributed by atoms with E-state index in [0.717, 1.165) is 44.8 Å². The SMILES string of the molecule is CCN1CCN(Cc2ccccc2CNC(=O)Cc2csc(NC(=O)c3ccccc3F)n2)CC1. The standard InChI is InChI=1S/C26H30FN5O2S/c1-2-31-11-13-32(14-12-31)17-20-8-4-3-7-19(20)16-28-24(33)15-21-18-35-26(29-21)30-25(34)22-9-5-6-10-23(22)27/h3-10,18H,2,11-17H2,1H3,(H,28,33)(H,29,30,34). The second-order valence-electron chi connectivity index (χ2n) is 8.51. The van der Waals surface area contributed by atoms with Crippen LogP contribution in [0.25, 0.3) is 0 Å². The second kappa shape index (κ2) is 12.0. The highest BCUT2D eigenvalue weighted by Gasteiger charge is 2.17. The zero-order valence-corrected chi connectivity index (χ0v) is 20.6. The molecule has 0 aliphatic carbocycles. The molecular formula is C26H30FN5O2S. The highest BCUT2D eigenvalue weighted by Crippen LogP contribution is 2.18. The van der Waals surface area contributed by atoms with Crippen molar-refractivity contribution in [3.8, 4) is 0 Å². The summed E-state index contributed by atoms with van der Waals surface area (Å²) in [6.07, 6.45) is 0.104. The summed E-state index contributed by atoms with van der Waals surface area (Å²) in [4.78, 5) is 34.0. The molecule has 35 heavy (non-hydrogen) atoms. The van der Waals surface area contributed by atoms with Crippen LogP contribution >= 0.6 is 11.3 Å². The number of thiazole rings is 1. The van der Waals surface area contributed by atoms with Crippen LogP contribution < -0.4 is 10.6 Å². The number of hydrogen-bond donors (Lipinski definition) is 2. The van der Waals surface area contributed by atoms with Gasteiger partial charge in [0.05, 0.1) is 17.7 Å². The maximum Gasteiger partial charge on any atom is 0.260 e. The molecule has 1 aliphatic heterocycles. The summed E-state index contributed by atoms with van der Waals surface area (Å²) in [6, 6.07) is 14.0. The molecule has 0 bridgehead atoms. The molecule has 3 aromatic rings. The van der Waals surface area contributed by atoms with Gasteiger partial charge in [-0.25, -0.2) is 9.37 Å². The molecule has 2 amide bonds. The number of carbonyl (C=O) groups is 2. The highest BCUT2D eigenvalue weighted by atomic mass is 32.1. The Morgan fingerprint density at radius 3 is 2.43 bits per heavy atom. The number of aromatic nitrogens is 1. The number of likely N-dealkylation sites (N-methyl/N-ethyl adjacent to an activating group) is 1. The van der Waals surface area contributed by atoms with Gasteiger partial charge in [0.25, 0.3) is 5.91 Å². The van der Waals surface area contributed by atoms with Gasteiger partial charge in [-0.05, 0) is 29.8 Å². The van der Waals surface area contributed by atoms with Crippen LogP contribution in [-0.2, 0) is 24.3 Å². The molecule has 0 spiro atoms. The van der Waals surface area contributed by atoms with Gasteiger partial charge in [0.15, 0.2) is 5.13 Å². The van der Waals surface area contributed by atoms with E-state index in [0.29, 0.717) is 17.4 Å². The summed E-state index contributed by atoms with van der Waals surface area (Å²) in [5.41, 5.74) is 2.84. The Kier molecular flexibility index (Phi) is 8.57. The maximum atomic E-state index is 13.8. The number of nitrogens with zero attached hydrogens (tertiary/aromatic N) is 3. The quantitative estimate of drug-likeness (QED) is 0.475. The van der Waals surface area contributed by atoms with E-state index >= 15 is 0 Å². The number of rotatable bonds is 9. The van der Waals surface area contributed by atoms with Gasteiger partial charge < -0.3 is 10.2 Å². The van der Waals surface area contributed by atoms with Crippen molar-refractivity contribution in [2.75, 3.05) is 38.0 Å². The molecule has 2 heterocycles. The van der Waals surface area contributed by atoms with Gasteiger partial charge in [0, 0.05) is 44.6 Å². The number of anilines is 1. The van der Waals surface area contributed by atoms with Crippen LogP contribution in [0.5, 0.6) is 0 Å². The van der Waals surface area contributed by atoms with Crippen molar-refractivity contribution in [1.82, 2.24) is 20.1 Å². The second-order valence-corrected chi connectivity index (χ2v) is 9.37. The van der Waals surface area contributed by atoms with Crippen molar-refractivity contribution in [2.45, 2.75) is 26.4 Å². The van der Waals surface area contributed by atoms with E-state index in [2.05, 4.69) is 44.5 Å². The number of piperazine rings is 1. The van der Waals surface area contributed by atoms with Crippen LogP contribution in [-0.4, -0.2) is 59.3 Å². The third kappa shape index (κ3) is 6.94. The molecule has 0 saturated carbocycles. The molecule has 1 saturated heterocycles. The van der Waals surface area contributed by atoms with E-state index in [-0.39, 0.29) is 17.9 Å². The number of halogens is 1. The molecule has 2 N–H and O–H groups in total. The molecule has 0 atom stereocenters. The fourth-order valence-corrected chi connectivity index (χ4v) is 4.77. The minimum Gasteiger partial charge on any atom is -0.352 e. The number of carbonyl (C=O) groups excluding carboxylic acids is 2. The predicted molar refractivity (Wildman–Crippen MR) is 136 cm³/mol. The smallest absolute Gasteiger partial charge is 0.260 e. The highest BCUT2D eigenvalue weighted by molar-refractivity contribution is 7.14. The van der Waals surface area contributed by atoms with Crippen molar-refractivity contribution in [3.05, 3.63) is 82.1 Å². The van der Waals surface area contributed by atoms with Gasteiger partial charge in [-0.3, -0.25) is 19.8 Å². The van der Waals surface area contributed by atoms with Gasteiger partial charge in [0.2, 0.25) is 5.91 Å². The molecule has 4 rings (SSSR count). The molecule has 184 valence electrons. The molecule has 0 radical (unpaired) electrons. The van der Waals surface area contributed by atoms with Crippen LogP contribution in [0.4, 0.5) is 9.52 Å². The molecule has 0 unspecified atom stereocenters. The van der Waals surface area contributed by atoms with Gasteiger partial charge in [-0.2, -0.15) is 0 Å². The maximum absolute atomic E-state index is 13.8. The topological polar surface area (TPSA) is 77.6 Å². The Morgan fingerprint density at radius 1 is 1.00 bits per heavy atom. The van der Waals surface area contributed by atoms with Gasteiger partial charge in [-0.1, -0.05) is 43.3 Å². The summed E-state index contributed by atoms with van der Waals surface area (Å²) >= 11 is 1.20. The first-order chi connectivity index (χ1) is 17.0. The Bertz CT molecular complexity index is 1160. The van der Waals surface area contributed by atoms with Crippen molar-refractivity contribution >= 4 is 28.3 Å². The number of amides is 2. The number of hydrogen-bond acceptors (Lipinski definition) is 6. The molecule has 1 fully saturated rings. The Hall–Kier alpha value is -3.14. The van der Waals surface area contributed by atoms with Gasteiger partial charge >= 0.3 is 0 Å². The van der Waals surface area contributed by atoms with Crippen molar-refractivity contribution < 1.29 is 14.0 Å². The lowest BCUT2D eigenvalue weighted by Gasteiger charge is -2.34. The molecule has 2 aromatic carbocycles. The van der Waals surface area contributed by atoms with E-state index in [9.17, 15) is 14.0 Å². The molecule has 1 aliphatic rings.